The van der Waals surface area contributed by atoms with Crippen molar-refractivity contribution in [1.29, 1.82) is 0 Å². The molecule has 4 aromatic rings. The van der Waals surface area contributed by atoms with E-state index in [1.807, 2.05) is 32.0 Å². The number of amides is 1. The van der Waals surface area contributed by atoms with Gasteiger partial charge in [-0.1, -0.05) is 0 Å². The summed E-state index contributed by atoms with van der Waals surface area (Å²) in [5.41, 5.74) is 3.07. The number of aromatic nitrogens is 7. The Bertz CT molecular complexity index is 1370. The van der Waals surface area contributed by atoms with Gasteiger partial charge in [0, 0.05) is 55.0 Å². The van der Waals surface area contributed by atoms with Crippen LogP contribution in [0.1, 0.15) is 34.8 Å². The number of aryl methyl sites for hydroxylation is 2. The van der Waals surface area contributed by atoms with Crippen LogP contribution < -0.4 is 5.56 Å². The van der Waals surface area contributed by atoms with Crippen molar-refractivity contribution in [3.05, 3.63) is 70.6 Å². The van der Waals surface area contributed by atoms with E-state index >= 15 is 0 Å². The summed E-state index contributed by atoms with van der Waals surface area (Å²) in [6, 6.07) is 7.14. The first-order valence-electron chi connectivity index (χ1n) is 10.9. The van der Waals surface area contributed by atoms with Gasteiger partial charge in [-0.05, 0) is 50.8 Å². The van der Waals surface area contributed by atoms with E-state index in [2.05, 4.69) is 25.0 Å². The zero-order chi connectivity index (χ0) is 22.9. The number of hydrogen-bond acceptors (Lipinski definition) is 7. The summed E-state index contributed by atoms with van der Waals surface area (Å²) < 4.78 is 3.24. The Morgan fingerprint density at radius 3 is 2.70 bits per heavy atom. The summed E-state index contributed by atoms with van der Waals surface area (Å²) in [6.45, 7) is 5.58. The van der Waals surface area contributed by atoms with Gasteiger partial charge < -0.3 is 4.90 Å². The summed E-state index contributed by atoms with van der Waals surface area (Å²) in [6.07, 6.45) is 6.57. The molecule has 33 heavy (non-hydrogen) atoms. The molecule has 0 spiro atoms. The number of pyridine rings is 1. The Balaban J connectivity index is 1.23. The van der Waals surface area contributed by atoms with Crippen molar-refractivity contribution in [1.82, 2.24) is 39.0 Å². The van der Waals surface area contributed by atoms with Crippen LogP contribution in [0, 0.1) is 19.8 Å². The van der Waals surface area contributed by atoms with Crippen LogP contribution in [0.25, 0.3) is 17.0 Å². The monoisotopic (exact) mass is 444 g/mol. The van der Waals surface area contributed by atoms with Crippen LogP contribution in [0.3, 0.4) is 0 Å². The van der Waals surface area contributed by atoms with E-state index in [1.165, 1.54) is 0 Å². The van der Waals surface area contributed by atoms with Gasteiger partial charge in [0.25, 0.3) is 17.2 Å². The first-order valence-corrected chi connectivity index (χ1v) is 10.9. The van der Waals surface area contributed by atoms with Crippen molar-refractivity contribution in [2.75, 3.05) is 13.1 Å². The number of rotatable bonds is 4. The number of nitrogens with zero attached hydrogens (tertiary/aromatic N) is 8. The van der Waals surface area contributed by atoms with Gasteiger partial charge in [-0.2, -0.15) is 4.98 Å². The van der Waals surface area contributed by atoms with Crippen LogP contribution in [0.4, 0.5) is 0 Å². The second-order valence-electron chi connectivity index (χ2n) is 8.43. The fraction of sp³-hybridized carbons (Fsp3) is 0.348. The van der Waals surface area contributed by atoms with E-state index in [4.69, 9.17) is 0 Å². The standard InChI is InChI=1S/C23H24N8O2/c1-15-10-16(2)31-23(26-15)27-21(28-31)22(33)29-8-5-17(6-9-29)13-30-14-25-19(11-20(30)32)18-4-3-7-24-12-18/h3-4,7,10-12,14,17H,5-6,8-9,13H2,1-2H3. The first-order chi connectivity index (χ1) is 16.0. The van der Waals surface area contributed by atoms with Crippen molar-refractivity contribution < 1.29 is 4.79 Å². The molecule has 1 fully saturated rings. The minimum atomic E-state index is -0.185. The average molecular weight is 444 g/mol. The van der Waals surface area contributed by atoms with E-state index < -0.39 is 0 Å². The fourth-order valence-electron chi connectivity index (χ4n) is 4.23. The van der Waals surface area contributed by atoms with Gasteiger partial charge in [0.2, 0.25) is 5.82 Å². The molecule has 10 heteroatoms. The Morgan fingerprint density at radius 1 is 1.15 bits per heavy atom. The van der Waals surface area contributed by atoms with Crippen molar-refractivity contribution in [3.8, 4) is 11.3 Å². The van der Waals surface area contributed by atoms with Gasteiger partial charge in [0.05, 0.1) is 12.0 Å². The molecule has 1 saturated heterocycles. The third-order valence-corrected chi connectivity index (χ3v) is 6.00. The first kappa shape index (κ1) is 20.9. The van der Waals surface area contributed by atoms with Crippen LogP contribution in [-0.2, 0) is 6.54 Å². The molecular weight excluding hydrogens is 420 g/mol. The number of hydrogen-bond donors (Lipinski definition) is 0. The molecule has 0 aliphatic carbocycles. The number of likely N-dealkylation sites (tertiary alicyclic amines) is 1. The topological polar surface area (TPSA) is 111 Å². The summed E-state index contributed by atoms with van der Waals surface area (Å²) in [7, 11) is 0. The van der Waals surface area contributed by atoms with E-state index in [0.29, 0.717) is 37.0 Å². The average Bonchev–Trinajstić information content (AvgIpc) is 3.25. The number of carbonyl (C=O) groups excluding carboxylic acids is 1. The van der Waals surface area contributed by atoms with E-state index in [9.17, 15) is 9.59 Å². The highest BCUT2D eigenvalue weighted by Gasteiger charge is 2.27. The zero-order valence-electron chi connectivity index (χ0n) is 18.5. The second kappa shape index (κ2) is 8.53. The van der Waals surface area contributed by atoms with Crippen LogP contribution in [0.2, 0.25) is 0 Å². The van der Waals surface area contributed by atoms with Gasteiger partial charge in [0.15, 0.2) is 0 Å². The van der Waals surface area contributed by atoms with E-state index in [0.717, 1.165) is 29.8 Å². The third kappa shape index (κ3) is 4.23. The largest absolute Gasteiger partial charge is 0.336 e. The number of carbonyl (C=O) groups is 1. The lowest BCUT2D eigenvalue weighted by molar-refractivity contribution is 0.0670. The molecule has 168 valence electrons. The maximum absolute atomic E-state index is 12.9. The smallest absolute Gasteiger partial charge is 0.293 e. The summed E-state index contributed by atoms with van der Waals surface area (Å²) in [4.78, 5) is 44.5. The lowest BCUT2D eigenvalue weighted by Crippen LogP contribution is -2.40. The lowest BCUT2D eigenvalue weighted by atomic mass is 9.96. The molecular formula is C23H24N8O2. The predicted octanol–water partition coefficient (Wildman–Crippen LogP) is 1.91. The van der Waals surface area contributed by atoms with Gasteiger partial charge in [0.1, 0.15) is 0 Å². The Morgan fingerprint density at radius 2 is 1.97 bits per heavy atom. The third-order valence-electron chi connectivity index (χ3n) is 6.00. The molecule has 4 aromatic heterocycles. The van der Waals surface area contributed by atoms with E-state index in [-0.39, 0.29) is 17.3 Å². The molecule has 10 nitrogen and oxygen atoms in total. The minimum absolute atomic E-state index is 0.0885. The molecule has 0 aromatic carbocycles. The molecule has 0 unspecified atom stereocenters. The number of fused-ring (bicyclic) bond motifs is 1. The van der Waals surface area contributed by atoms with Crippen molar-refractivity contribution in [2.24, 2.45) is 5.92 Å². The molecule has 0 saturated carbocycles. The maximum atomic E-state index is 12.9. The van der Waals surface area contributed by atoms with E-state index in [1.54, 1.807) is 38.8 Å². The normalized spacial score (nSPS) is 14.7. The minimum Gasteiger partial charge on any atom is -0.336 e. The number of piperidine rings is 1. The summed E-state index contributed by atoms with van der Waals surface area (Å²) in [5.74, 6) is 0.711. The van der Waals surface area contributed by atoms with Crippen LogP contribution >= 0.6 is 0 Å². The highest BCUT2D eigenvalue weighted by Crippen LogP contribution is 2.20. The predicted molar refractivity (Wildman–Crippen MR) is 121 cm³/mol. The molecule has 1 aliphatic rings. The lowest BCUT2D eigenvalue weighted by Gasteiger charge is -2.31. The summed E-state index contributed by atoms with van der Waals surface area (Å²) in [5, 5.41) is 4.35. The molecule has 0 bridgehead atoms. The van der Waals surface area contributed by atoms with Crippen molar-refractivity contribution in [3.63, 3.8) is 0 Å². The highest BCUT2D eigenvalue weighted by atomic mass is 16.2. The maximum Gasteiger partial charge on any atom is 0.293 e. The van der Waals surface area contributed by atoms with Gasteiger partial charge >= 0.3 is 0 Å². The molecule has 0 atom stereocenters. The van der Waals surface area contributed by atoms with Crippen molar-refractivity contribution in [2.45, 2.75) is 33.2 Å². The van der Waals surface area contributed by atoms with Crippen molar-refractivity contribution >= 4 is 11.7 Å². The second-order valence-corrected chi connectivity index (χ2v) is 8.43. The van der Waals surface area contributed by atoms with Crippen LogP contribution in [0.15, 0.2) is 47.8 Å². The summed E-state index contributed by atoms with van der Waals surface area (Å²) >= 11 is 0. The Labute approximate surface area is 190 Å². The fourth-order valence-corrected chi connectivity index (χ4v) is 4.23. The molecule has 0 radical (unpaired) electrons. The van der Waals surface area contributed by atoms with Crippen LogP contribution in [-0.4, -0.2) is 58.0 Å². The Kier molecular flexibility index (Phi) is 5.41. The van der Waals surface area contributed by atoms with Crippen LogP contribution in [0.5, 0.6) is 0 Å². The quantitative estimate of drug-likeness (QED) is 0.473. The molecule has 0 N–H and O–H groups in total. The molecule has 5 heterocycles. The zero-order valence-corrected chi connectivity index (χ0v) is 18.5. The molecule has 5 rings (SSSR count). The SMILES string of the molecule is Cc1cc(C)n2nc(C(=O)N3CCC(Cn4cnc(-c5cccnc5)cc4=O)CC3)nc2n1. The van der Waals surface area contributed by atoms with Gasteiger partial charge in [-0.15, -0.1) is 5.10 Å². The molecule has 1 aliphatic heterocycles. The molecule has 1 amide bonds. The van der Waals surface area contributed by atoms with Gasteiger partial charge in [-0.3, -0.25) is 19.1 Å². The highest BCUT2D eigenvalue weighted by molar-refractivity contribution is 5.91. The Hall–Kier alpha value is -3.95. The van der Waals surface area contributed by atoms with Gasteiger partial charge in [-0.25, -0.2) is 14.5 Å².